The first kappa shape index (κ1) is 14.9. The maximum Gasteiger partial charge on any atom is 0.0941 e. The van der Waals surface area contributed by atoms with Gasteiger partial charge in [-0.1, -0.05) is 0 Å². The lowest BCUT2D eigenvalue weighted by Gasteiger charge is -2.25. The first-order chi connectivity index (χ1) is 8.17. The van der Waals surface area contributed by atoms with Crippen molar-refractivity contribution in [1.29, 1.82) is 0 Å². The molecule has 1 aromatic heterocycles. The Morgan fingerprint density at radius 1 is 1.47 bits per heavy atom. The van der Waals surface area contributed by atoms with E-state index in [1.165, 1.54) is 0 Å². The van der Waals surface area contributed by atoms with E-state index >= 15 is 0 Å². The molecule has 1 N–H and O–H groups in total. The van der Waals surface area contributed by atoms with Crippen molar-refractivity contribution < 1.29 is 5.11 Å². The number of alkyl halides is 1. The van der Waals surface area contributed by atoms with E-state index in [0.29, 0.717) is 11.9 Å². The minimum absolute atomic E-state index is 0.261. The van der Waals surface area contributed by atoms with Crippen molar-refractivity contribution in [2.45, 2.75) is 38.6 Å². The molecule has 0 saturated heterocycles. The van der Waals surface area contributed by atoms with Crippen LogP contribution < -0.4 is 0 Å². The van der Waals surface area contributed by atoms with Crippen molar-refractivity contribution in [3.63, 3.8) is 0 Å². The molecule has 3 nitrogen and oxygen atoms in total. The average Bonchev–Trinajstić information content (AvgIpc) is 2.76. The lowest BCUT2D eigenvalue weighted by molar-refractivity contribution is 0.193. The van der Waals surface area contributed by atoms with E-state index in [2.05, 4.69) is 23.7 Å². The fourth-order valence-corrected chi connectivity index (χ4v) is 2.68. The van der Waals surface area contributed by atoms with E-state index < -0.39 is 0 Å². The molecule has 0 saturated carbocycles. The Bertz CT molecular complexity index is 317. The molecule has 0 unspecified atom stereocenters. The molecule has 17 heavy (non-hydrogen) atoms. The Morgan fingerprint density at radius 2 is 2.24 bits per heavy atom. The van der Waals surface area contributed by atoms with Crippen LogP contribution in [0.1, 0.15) is 31.0 Å². The molecule has 0 radical (unpaired) electrons. The third-order valence-corrected chi connectivity index (χ3v) is 3.91. The molecular formula is C12H21ClN2OS. The quantitative estimate of drug-likeness (QED) is 0.741. The molecule has 1 aromatic rings. The number of nitrogens with zero attached hydrogens (tertiary/aromatic N) is 2. The van der Waals surface area contributed by atoms with E-state index in [1.807, 2.05) is 5.38 Å². The standard InChI is InChI=1S/C12H21ClN2OS/c1-10(2)15(5-3-7-16)6-4-12-14-11(8-13)9-17-12/h9-10,16H,3-8H2,1-2H3. The second-order valence-corrected chi connectivity index (χ2v) is 5.53. The lowest BCUT2D eigenvalue weighted by atomic mass is 10.2. The number of aromatic nitrogens is 1. The molecule has 0 aliphatic rings. The summed E-state index contributed by atoms with van der Waals surface area (Å²) < 4.78 is 0. The number of aliphatic hydroxyl groups excluding tert-OH is 1. The maximum atomic E-state index is 8.87. The van der Waals surface area contributed by atoms with E-state index in [9.17, 15) is 0 Å². The Morgan fingerprint density at radius 3 is 2.76 bits per heavy atom. The van der Waals surface area contributed by atoms with E-state index in [-0.39, 0.29) is 6.61 Å². The predicted molar refractivity (Wildman–Crippen MR) is 73.8 cm³/mol. The van der Waals surface area contributed by atoms with Gasteiger partial charge in [-0.05, 0) is 20.3 Å². The Hall–Kier alpha value is -0.160. The molecule has 0 fully saturated rings. The van der Waals surface area contributed by atoms with Crippen molar-refractivity contribution in [2.75, 3.05) is 19.7 Å². The Labute approximate surface area is 112 Å². The zero-order valence-corrected chi connectivity index (χ0v) is 12.1. The highest BCUT2D eigenvalue weighted by Gasteiger charge is 2.10. The number of thiazole rings is 1. The summed E-state index contributed by atoms with van der Waals surface area (Å²) >= 11 is 7.41. The van der Waals surface area contributed by atoms with Crippen molar-refractivity contribution in [2.24, 2.45) is 0 Å². The summed E-state index contributed by atoms with van der Waals surface area (Å²) in [5, 5.41) is 12.0. The molecule has 0 spiro atoms. The van der Waals surface area contributed by atoms with Gasteiger partial charge >= 0.3 is 0 Å². The van der Waals surface area contributed by atoms with Gasteiger partial charge in [0, 0.05) is 37.5 Å². The topological polar surface area (TPSA) is 36.4 Å². The molecule has 0 atom stereocenters. The summed E-state index contributed by atoms with van der Waals surface area (Å²) in [5.74, 6) is 0.495. The number of halogens is 1. The van der Waals surface area contributed by atoms with Crippen molar-refractivity contribution >= 4 is 22.9 Å². The third-order valence-electron chi connectivity index (χ3n) is 2.68. The number of rotatable bonds is 8. The second kappa shape index (κ2) is 8.03. The summed E-state index contributed by atoms with van der Waals surface area (Å²) in [5.41, 5.74) is 0.970. The van der Waals surface area contributed by atoms with Crippen LogP contribution in [0.15, 0.2) is 5.38 Å². The fraction of sp³-hybridized carbons (Fsp3) is 0.750. The van der Waals surface area contributed by atoms with E-state index in [4.69, 9.17) is 16.7 Å². The van der Waals surface area contributed by atoms with E-state index in [0.717, 1.165) is 36.6 Å². The van der Waals surface area contributed by atoms with E-state index in [1.54, 1.807) is 11.3 Å². The van der Waals surface area contributed by atoms with Gasteiger partial charge in [0.25, 0.3) is 0 Å². The molecule has 5 heteroatoms. The molecule has 0 aliphatic heterocycles. The molecule has 0 bridgehead atoms. The van der Waals surface area contributed by atoms with Crippen LogP contribution in [-0.4, -0.2) is 40.7 Å². The van der Waals surface area contributed by atoms with Gasteiger partial charge in [0.05, 0.1) is 16.6 Å². The molecule has 0 amide bonds. The van der Waals surface area contributed by atoms with Crippen LogP contribution in [-0.2, 0) is 12.3 Å². The van der Waals surface area contributed by atoms with Crippen molar-refractivity contribution in [1.82, 2.24) is 9.88 Å². The largest absolute Gasteiger partial charge is 0.396 e. The van der Waals surface area contributed by atoms with Crippen LogP contribution in [0.4, 0.5) is 0 Å². The third kappa shape index (κ3) is 5.34. The van der Waals surface area contributed by atoms with Gasteiger partial charge in [-0.15, -0.1) is 22.9 Å². The van der Waals surface area contributed by atoms with Gasteiger partial charge in [0.1, 0.15) is 0 Å². The molecule has 0 aromatic carbocycles. The van der Waals surface area contributed by atoms with Crippen LogP contribution >= 0.6 is 22.9 Å². The van der Waals surface area contributed by atoms with Crippen LogP contribution in [0.25, 0.3) is 0 Å². The molecule has 1 rings (SSSR count). The van der Waals surface area contributed by atoms with Gasteiger partial charge in [-0.25, -0.2) is 4.98 Å². The minimum Gasteiger partial charge on any atom is -0.396 e. The van der Waals surface area contributed by atoms with Crippen LogP contribution in [0.2, 0.25) is 0 Å². The lowest BCUT2D eigenvalue weighted by Crippen LogP contribution is -2.34. The van der Waals surface area contributed by atoms with Crippen LogP contribution in [0, 0.1) is 0 Å². The summed E-state index contributed by atoms with van der Waals surface area (Å²) in [7, 11) is 0. The molecule has 1 heterocycles. The first-order valence-electron chi connectivity index (χ1n) is 6.01. The summed E-state index contributed by atoms with van der Waals surface area (Å²) in [6.45, 7) is 6.57. The van der Waals surface area contributed by atoms with Gasteiger partial charge < -0.3 is 10.0 Å². The monoisotopic (exact) mass is 276 g/mol. The van der Waals surface area contributed by atoms with Gasteiger partial charge in [-0.3, -0.25) is 0 Å². The highest BCUT2D eigenvalue weighted by atomic mass is 35.5. The minimum atomic E-state index is 0.261. The Kier molecular flexibility index (Phi) is 7.04. The number of hydrogen-bond acceptors (Lipinski definition) is 4. The highest BCUT2D eigenvalue weighted by Crippen LogP contribution is 2.13. The molecule has 0 aliphatic carbocycles. The van der Waals surface area contributed by atoms with Gasteiger partial charge in [0.2, 0.25) is 0 Å². The van der Waals surface area contributed by atoms with Crippen LogP contribution in [0.3, 0.4) is 0 Å². The zero-order valence-electron chi connectivity index (χ0n) is 10.5. The fourth-order valence-electron chi connectivity index (χ4n) is 1.67. The SMILES string of the molecule is CC(C)N(CCCO)CCc1nc(CCl)cs1. The zero-order chi connectivity index (χ0) is 12.7. The highest BCUT2D eigenvalue weighted by molar-refractivity contribution is 7.09. The smallest absolute Gasteiger partial charge is 0.0941 e. The van der Waals surface area contributed by atoms with Gasteiger partial charge in [0.15, 0.2) is 0 Å². The second-order valence-electron chi connectivity index (χ2n) is 4.32. The summed E-state index contributed by atoms with van der Waals surface area (Å²) in [6.07, 6.45) is 1.80. The molecular weight excluding hydrogens is 256 g/mol. The number of hydrogen-bond donors (Lipinski definition) is 1. The van der Waals surface area contributed by atoms with Crippen molar-refractivity contribution in [3.05, 3.63) is 16.1 Å². The number of aliphatic hydroxyl groups is 1. The Balaban J connectivity index is 2.40. The average molecular weight is 277 g/mol. The van der Waals surface area contributed by atoms with Crippen LogP contribution in [0.5, 0.6) is 0 Å². The maximum absolute atomic E-state index is 8.87. The van der Waals surface area contributed by atoms with Gasteiger partial charge in [-0.2, -0.15) is 0 Å². The molecule has 98 valence electrons. The summed E-state index contributed by atoms with van der Waals surface area (Å²) in [4.78, 5) is 6.82. The summed E-state index contributed by atoms with van der Waals surface area (Å²) in [6, 6.07) is 0.508. The normalized spacial score (nSPS) is 11.6. The predicted octanol–water partition coefficient (Wildman–Crippen LogP) is 2.52. The van der Waals surface area contributed by atoms with Crippen molar-refractivity contribution in [3.8, 4) is 0 Å². The first-order valence-corrected chi connectivity index (χ1v) is 7.43.